The molecule has 2 aliphatic carbocycles. The molecule has 2 heteroatoms. The summed E-state index contributed by atoms with van der Waals surface area (Å²) in [5.74, 6) is 0.627. The molecule has 3 unspecified atom stereocenters. The normalized spacial score (nSPS) is 33.8. The molecule has 6 rings (SSSR count). The lowest BCUT2D eigenvalue weighted by Crippen LogP contribution is -2.47. The van der Waals surface area contributed by atoms with Crippen LogP contribution in [0.4, 0.5) is 11.4 Å². The molecule has 4 aliphatic rings. The van der Waals surface area contributed by atoms with E-state index in [0.29, 0.717) is 24.0 Å². The molecule has 0 radical (unpaired) electrons. The lowest BCUT2D eigenvalue weighted by atomic mass is 9.73. The molecule has 4 atom stereocenters. The largest absolute Gasteiger partial charge is 0.346 e. The van der Waals surface area contributed by atoms with Crippen molar-refractivity contribution in [3.63, 3.8) is 0 Å². The first-order valence-corrected chi connectivity index (χ1v) is 13.3. The number of aryl methyl sites for hydroxylation is 1. The maximum Gasteiger partial charge on any atom is 0.105 e. The Hall–Kier alpha value is -1.96. The Balaban J connectivity index is 1.52. The number of rotatable bonds is 3. The fraction of sp³-hybridized carbons (Fsp3) is 0.600. The maximum atomic E-state index is 10.3. The molecular weight excluding hydrogens is 388 g/mol. The zero-order chi connectivity index (χ0) is 22.6. The van der Waals surface area contributed by atoms with Gasteiger partial charge in [-0.3, -0.25) is 0 Å². The lowest BCUT2D eigenvalue weighted by molar-refractivity contribution is 0.275. The molecule has 2 heterocycles. The van der Waals surface area contributed by atoms with Gasteiger partial charge < -0.3 is 9.80 Å². The monoisotopic (exact) mass is 429 g/mol. The van der Waals surface area contributed by atoms with Gasteiger partial charge >= 0.3 is 0 Å². The minimum Gasteiger partial charge on any atom is -0.346 e. The summed E-state index contributed by atoms with van der Waals surface area (Å²) in [4.78, 5) is 5.53. The second-order valence-corrected chi connectivity index (χ2v) is 10.9. The van der Waals surface area contributed by atoms with E-state index < -0.39 is 5.89 Å². The summed E-state index contributed by atoms with van der Waals surface area (Å²) in [6.45, 7) is 4.71. The van der Waals surface area contributed by atoms with Crippen molar-refractivity contribution in [1.82, 2.24) is 0 Å². The van der Waals surface area contributed by atoms with E-state index in [-0.39, 0.29) is 6.04 Å². The van der Waals surface area contributed by atoms with Crippen LogP contribution < -0.4 is 9.80 Å². The van der Waals surface area contributed by atoms with Gasteiger partial charge in [0.15, 0.2) is 0 Å². The van der Waals surface area contributed by atoms with Gasteiger partial charge in [-0.25, -0.2) is 0 Å². The molecular formula is C30H40N2. The summed E-state index contributed by atoms with van der Waals surface area (Å²) in [7, 11) is 0. The highest BCUT2D eigenvalue weighted by molar-refractivity contribution is 5.70. The van der Waals surface area contributed by atoms with Crippen LogP contribution in [0.5, 0.6) is 0 Å². The smallest absolute Gasteiger partial charge is 0.105 e. The highest BCUT2D eigenvalue weighted by Gasteiger charge is 2.56. The predicted octanol–water partition coefficient (Wildman–Crippen LogP) is 7.66. The fourth-order valence-electron chi connectivity index (χ4n) is 7.70. The van der Waals surface area contributed by atoms with Gasteiger partial charge in [-0.05, 0) is 74.6 Å². The van der Waals surface area contributed by atoms with E-state index in [1.54, 1.807) is 0 Å². The fourth-order valence-corrected chi connectivity index (χ4v) is 7.70. The summed E-state index contributed by atoms with van der Waals surface area (Å²) >= 11 is 0. The zero-order valence-corrected chi connectivity index (χ0v) is 20.0. The molecule has 2 aliphatic heterocycles. The quantitative estimate of drug-likeness (QED) is 0.494. The van der Waals surface area contributed by atoms with Gasteiger partial charge in [0, 0.05) is 24.7 Å². The van der Waals surface area contributed by atoms with Crippen molar-refractivity contribution in [2.24, 2.45) is 11.8 Å². The van der Waals surface area contributed by atoms with Gasteiger partial charge in [-0.15, -0.1) is 0 Å². The van der Waals surface area contributed by atoms with E-state index in [1.807, 2.05) is 0 Å². The molecule has 0 spiro atoms. The predicted molar refractivity (Wildman–Crippen MR) is 136 cm³/mol. The number of hydrogen-bond donors (Lipinski definition) is 0. The van der Waals surface area contributed by atoms with E-state index >= 15 is 0 Å². The molecule has 0 aromatic heterocycles. The van der Waals surface area contributed by atoms with Gasteiger partial charge in [0.05, 0.1) is 6.04 Å². The Morgan fingerprint density at radius 3 is 2.00 bits per heavy atom. The Morgan fingerprint density at radius 1 is 0.719 bits per heavy atom. The molecule has 3 fully saturated rings. The van der Waals surface area contributed by atoms with Gasteiger partial charge in [-0.1, -0.05) is 74.9 Å². The standard InChI is InChI=1S/C30H40N2/c1-21-13-9-11-19-26(21)31-22(2)29-28(23-14-5-3-6-15-23)25-18-10-12-20-27(25)32(29)30(31)24-16-7-4-8-17-24/h9-13,18-20,22-24,28-30H,3-8,14-17H2,1-2H3/t22-,28?,29?,30?/m0/s1/i28D. The SMILES string of the molecule is [2H]C1(C2CCCCC2)c2ccccc2N2C(C3CCCCC3)N(c3ccccc3C)[C@@H](C)C21. The van der Waals surface area contributed by atoms with Crippen LogP contribution in [-0.2, 0) is 0 Å². The molecule has 2 aromatic rings. The second-order valence-electron chi connectivity index (χ2n) is 10.9. The third-order valence-electron chi connectivity index (χ3n) is 9.09. The Kier molecular flexibility index (Phi) is 5.14. The van der Waals surface area contributed by atoms with Crippen molar-refractivity contribution < 1.29 is 1.37 Å². The zero-order valence-electron chi connectivity index (χ0n) is 21.0. The lowest BCUT2D eigenvalue weighted by Gasteiger charge is -2.41. The van der Waals surface area contributed by atoms with E-state index in [0.717, 1.165) is 0 Å². The van der Waals surface area contributed by atoms with Crippen LogP contribution in [0.15, 0.2) is 48.5 Å². The average molecular weight is 430 g/mol. The van der Waals surface area contributed by atoms with Gasteiger partial charge in [-0.2, -0.15) is 0 Å². The molecule has 0 amide bonds. The van der Waals surface area contributed by atoms with Crippen molar-refractivity contribution in [3.05, 3.63) is 59.7 Å². The van der Waals surface area contributed by atoms with Crippen LogP contribution in [0.3, 0.4) is 0 Å². The van der Waals surface area contributed by atoms with Crippen LogP contribution in [0.25, 0.3) is 0 Å². The van der Waals surface area contributed by atoms with Crippen molar-refractivity contribution in [2.45, 2.75) is 102 Å². The first-order chi connectivity index (χ1) is 16.1. The van der Waals surface area contributed by atoms with E-state index in [9.17, 15) is 1.37 Å². The van der Waals surface area contributed by atoms with Gasteiger partial charge in [0.25, 0.3) is 0 Å². The van der Waals surface area contributed by atoms with Crippen molar-refractivity contribution in [3.8, 4) is 0 Å². The van der Waals surface area contributed by atoms with E-state index in [2.05, 4.69) is 72.2 Å². The molecule has 170 valence electrons. The third kappa shape index (κ3) is 3.20. The number of hydrogen-bond acceptors (Lipinski definition) is 2. The minimum absolute atomic E-state index is 0.226. The number of nitrogens with zero attached hydrogens (tertiary/aromatic N) is 2. The second kappa shape index (κ2) is 8.43. The first kappa shape index (κ1) is 19.5. The van der Waals surface area contributed by atoms with E-state index in [1.165, 1.54) is 86.7 Å². The van der Waals surface area contributed by atoms with Crippen molar-refractivity contribution in [2.75, 3.05) is 9.80 Å². The molecule has 0 N–H and O–H groups in total. The van der Waals surface area contributed by atoms with Crippen LogP contribution in [0, 0.1) is 18.8 Å². The third-order valence-corrected chi connectivity index (χ3v) is 9.09. The van der Waals surface area contributed by atoms with Gasteiger partial charge in [0.1, 0.15) is 6.17 Å². The molecule has 0 bridgehead atoms. The minimum atomic E-state index is -0.513. The summed E-state index contributed by atoms with van der Waals surface area (Å²) in [6.07, 6.45) is 13.5. The molecule has 2 nitrogen and oxygen atoms in total. The number of fused-ring (bicyclic) bond motifs is 3. The Morgan fingerprint density at radius 2 is 1.31 bits per heavy atom. The van der Waals surface area contributed by atoms with Crippen molar-refractivity contribution >= 4 is 11.4 Å². The van der Waals surface area contributed by atoms with Crippen LogP contribution in [0.1, 0.15) is 89.5 Å². The molecule has 1 saturated heterocycles. The summed E-state index contributed by atoms with van der Waals surface area (Å²) in [5.41, 5.74) is 5.44. The Labute approximate surface area is 196 Å². The van der Waals surface area contributed by atoms with Crippen LogP contribution >= 0.6 is 0 Å². The van der Waals surface area contributed by atoms with Crippen molar-refractivity contribution in [1.29, 1.82) is 0 Å². The number of para-hydroxylation sites is 2. The summed E-state index contributed by atoms with van der Waals surface area (Å²) in [6, 6.07) is 18.6. The van der Waals surface area contributed by atoms with Gasteiger partial charge in [0.2, 0.25) is 0 Å². The molecule has 32 heavy (non-hydrogen) atoms. The Bertz CT molecular complexity index is 992. The maximum absolute atomic E-state index is 10.3. The van der Waals surface area contributed by atoms with E-state index in [4.69, 9.17) is 0 Å². The molecule has 2 aromatic carbocycles. The first-order valence-electron chi connectivity index (χ1n) is 13.8. The number of anilines is 2. The average Bonchev–Trinajstić information content (AvgIpc) is 3.32. The molecule has 2 saturated carbocycles. The highest BCUT2D eigenvalue weighted by Crippen LogP contribution is 2.56. The topological polar surface area (TPSA) is 6.48 Å². The van der Waals surface area contributed by atoms with Crippen LogP contribution in [-0.4, -0.2) is 18.2 Å². The number of benzene rings is 2. The van der Waals surface area contributed by atoms with Crippen LogP contribution in [0.2, 0.25) is 0 Å². The summed E-state index contributed by atoms with van der Waals surface area (Å²) < 4.78 is 10.3. The highest BCUT2D eigenvalue weighted by atomic mass is 15.5. The summed E-state index contributed by atoms with van der Waals surface area (Å²) in [5, 5.41) is 0.